The molecule has 2 aliphatic rings. The van der Waals surface area contributed by atoms with Gasteiger partial charge in [0.25, 0.3) is 0 Å². The molecule has 3 rings (SSSR count). The molecule has 3 unspecified atom stereocenters. The Morgan fingerprint density at radius 3 is 2.87 bits per heavy atom. The molecule has 1 saturated heterocycles. The average Bonchev–Trinajstić information content (AvgIpc) is 2.99. The first kappa shape index (κ1) is 16.4. The summed E-state index contributed by atoms with van der Waals surface area (Å²) in [5, 5.41) is 12.8. The van der Waals surface area contributed by atoms with E-state index >= 15 is 0 Å². The lowest BCUT2D eigenvalue weighted by molar-refractivity contribution is -0.139. The molecule has 1 amide bonds. The molecule has 0 radical (unpaired) electrons. The highest BCUT2D eigenvalue weighted by Gasteiger charge is 2.29. The molecular weight excluding hydrogens is 292 g/mol. The van der Waals surface area contributed by atoms with Crippen LogP contribution in [0.4, 0.5) is 0 Å². The van der Waals surface area contributed by atoms with Gasteiger partial charge in [-0.25, -0.2) is 0 Å². The quantitative estimate of drug-likeness (QED) is 0.855. The van der Waals surface area contributed by atoms with Crippen LogP contribution in [0.1, 0.15) is 24.8 Å². The molecule has 5 nitrogen and oxygen atoms in total. The van der Waals surface area contributed by atoms with Crippen molar-refractivity contribution in [2.24, 2.45) is 5.92 Å². The van der Waals surface area contributed by atoms with Crippen molar-refractivity contribution in [1.29, 1.82) is 0 Å². The van der Waals surface area contributed by atoms with Crippen molar-refractivity contribution in [2.75, 3.05) is 26.2 Å². The molecule has 0 aromatic heterocycles. The number of rotatable bonds is 5. The van der Waals surface area contributed by atoms with Gasteiger partial charge in [0.2, 0.25) is 5.91 Å². The third-order valence-corrected chi connectivity index (χ3v) is 4.85. The van der Waals surface area contributed by atoms with Crippen LogP contribution in [0.2, 0.25) is 0 Å². The van der Waals surface area contributed by atoms with Gasteiger partial charge in [-0.3, -0.25) is 9.69 Å². The number of carbonyl (C=O) groups excluding carboxylic acids is 1. The van der Waals surface area contributed by atoms with Gasteiger partial charge in [0.15, 0.2) is 0 Å². The van der Waals surface area contributed by atoms with Crippen molar-refractivity contribution in [3.8, 4) is 0 Å². The summed E-state index contributed by atoms with van der Waals surface area (Å²) in [6, 6.07) is 10.3. The molecule has 1 aromatic carbocycles. The average molecular weight is 318 g/mol. The van der Waals surface area contributed by atoms with Gasteiger partial charge in [0.1, 0.15) is 6.10 Å². The number of ether oxygens (including phenoxy) is 1. The van der Waals surface area contributed by atoms with Crippen LogP contribution < -0.4 is 5.32 Å². The Morgan fingerprint density at radius 2 is 2.13 bits per heavy atom. The summed E-state index contributed by atoms with van der Waals surface area (Å²) >= 11 is 0. The topological polar surface area (TPSA) is 61.8 Å². The van der Waals surface area contributed by atoms with E-state index in [1.54, 1.807) is 0 Å². The maximum Gasteiger partial charge on any atom is 0.250 e. The Hall–Kier alpha value is -1.43. The van der Waals surface area contributed by atoms with Crippen LogP contribution in [0, 0.1) is 5.92 Å². The van der Waals surface area contributed by atoms with Crippen molar-refractivity contribution in [1.82, 2.24) is 10.2 Å². The van der Waals surface area contributed by atoms with Gasteiger partial charge in [-0.2, -0.15) is 0 Å². The van der Waals surface area contributed by atoms with Crippen LogP contribution in [0.25, 0.3) is 0 Å². The standard InChI is InChI=1S/C18H26N2O3/c21-16-8-4-7-15(16)11-19-18(22)17-13-20(9-10-23-17)12-14-5-2-1-3-6-14/h1-3,5-6,15-17,21H,4,7-13H2,(H,19,22). The van der Waals surface area contributed by atoms with E-state index in [0.717, 1.165) is 32.4 Å². The first-order chi connectivity index (χ1) is 11.2. The molecule has 5 heteroatoms. The highest BCUT2D eigenvalue weighted by Crippen LogP contribution is 2.24. The molecule has 1 aliphatic carbocycles. The highest BCUT2D eigenvalue weighted by atomic mass is 16.5. The van der Waals surface area contributed by atoms with E-state index in [2.05, 4.69) is 22.3 Å². The summed E-state index contributed by atoms with van der Waals surface area (Å²) in [6.45, 7) is 3.44. The Balaban J connectivity index is 1.46. The highest BCUT2D eigenvalue weighted by molar-refractivity contribution is 5.81. The predicted octanol–water partition coefficient (Wildman–Crippen LogP) is 1.16. The molecule has 0 bridgehead atoms. The predicted molar refractivity (Wildman–Crippen MR) is 87.8 cm³/mol. The maximum atomic E-state index is 12.3. The number of nitrogens with one attached hydrogen (secondary N) is 1. The first-order valence-corrected chi connectivity index (χ1v) is 8.56. The van der Waals surface area contributed by atoms with Crippen molar-refractivity contribution < 1.29 is 14.6 Å². The van der Waals surface area contributed by atoms with Gasteiger partial charge >= 0.3 is 0 Å². The van der Waals surface area contributed by atoms with Crippen molar-refractivity contribution in [3.63, 3.8) is 0 Å². The first-order valence-electron chi connectivity index (χ1n) is 8.56. The van der Waals surface area contributed by atoms with E-state index in [1.165, 1.54) is 5.56 Å². The van der Waals surface area contributed by atoms with Crippen LogP contribution in [0.15, 0.2) is 30.3 Å². The third kappa shape index (κ3) is 4.53. The lowest BCUT2D eigenvalue weighted by atomic mass is 10.1. The maximum absolute atomic E-state index is 12.3. The minimum absolute atomic E-state index is 0.0538. The Labute approximate surface area is 137 Å². The molecule has 23 heavy (non-hydrogen) atoms. The van der Waals surface area contributed by atoms with Gasteiger partial charge in [-0.05, 0) is 18.4 Å². The Kier molecular flexibility index (Phi) is 5.65. The molecule has 1 heterocycles. The fourth-order valence-corrected chi connectivity index (χ4v) is 3.45. The van der Waals surface area contributed by atoms with Gasteiger partial charge in [0.05, 0.1) is 12.7 Å². The number of hydrogen-bond donors (Lipinski definition) is 2. The second-order valence-corrected chi connectivity index (χ2v) is 6.58. The third-order valence-electron chi connectivity index (χ3n) is 4.85. The molecule has 2 N–H and O–H groups in total. The van der Waals surface area contributed by atoms with Crippen LogP contribution in [-0.4, -0.2) is 54.4 Å². The molecule has 1 aromatic rings. The number of nitrogens with zero attached hydrogens (tertiary/aromatic N) is 1. The summed E-state index contributed by atoms with van der Waals surface area (Å²) in [6.07, 6.45) is 2.22. The van der Waals surface area contributed by atoms with Crippen molar-refractivity contribution in [2.45, 2.75) is 38.0 Å². The second kappa shape index (κ2) is 7.90. The lowest BCUT2D eigenvalue weighted by Crippen LogP contribution is -2.50. The molecule has 3 atom stereocenters. The van der Waals surface area contributed by atoms with E-state index in [-0.39, 0.29) is 17.9 Å². The fraction of sp³-hybridized carbons (Fsp3) is 0.611. The van der Waals surface area contributed by atoms with Crippen LogP contribution >= 0.6 is 0 Å². The number of amides is 1. The number of hydrogen-bond acceptors (Lipinski definition) is 4. The van der Waals surface area contributed by atoms with E-state index in [1.807, 2.05) is 18.2 Å². The molecule has 1 saturated carbocycles. The van der Waals surface area contributed by atoms with Gasteiger partial charge < -0.3 is 15.2 Å². The number of benzene rings is 1. The summed E-state index contributed by atoms with van der Waals surface area (Å²) in [5.41, 5.74) is 1.25. The fourth-order valence-electron chi connectivity index (χ4n) is 3.45. The van der Waals surface area contributed by atoms with Gasteiger partial charge in [-0.1, -0.05) is 36.8 Å². The lowest BCUT2D eigenvalue weighted by Gasteiger charge is -2.32. The SMILES string of the molecule is O=C(NCC1CCCC1O)C1CN(Cc2ccccc2)CCO1. The van der Waals surface area contributed by atoms with Crippen LogP contribution in [0.3, 0.4) is 0 Å². The van der Waals surface area contributed by atoms with E-state index in [9.17, 15) is 9.90 Å². The molecule has 126 valence electrons. The van der Waals surface area contributed by atoms with Gasteiger partial charge in [0, 0.05) is 32.1 Å². The summed E-state index contributed by atoms with van der Waals surface area (Å²) in [7, 11) is 0. The van der Waals surface area contributed by atoms with E-state index < -0.39 is 6.10 Å². The number of morpholine rings is 1. The normalized spacial score (nSPS) is 28.7. The minimum atomic E-state index is -0.411. The zero-order chi connectivity index (χ0) is 16.1. The van der Waals surface area contributed by atoms with Crippen molar-refractivity contribution in [3.05, 3.63) is 35.9 Å². The van der Waals surface area contributed by atoms with Crippen molar-refractivity contribution >= 4 is 5.91 Å². The monoisotopic (exact) mass is 318 g/mol. The molecule has 1 aliphatic heterocycles. The molecule has 2 fully saturated rings. The summed E-state index contributed by atoms with van der Waals surface area (Å²) in [5.74, 6) is 0.143. The second-order valence-electron chi connectivity index (χ2n) is 6.58. The molecular formula is C18H26N2O3. The number of aliphatic hydroxyl groups is 1. The van der Waals surface area contributed by atoms with Gasteiger partial charge in [-0.15, -0.1) is 0 Å². The van der Waals surface area contributed by atoms with E-state index in [0.29, 0.717) is 19.7 Å². The van der Waals surface area contributed by atoms with Crippen LogP contribution in [-0.2, 0) is 16.1 Å². The summed E-state index contributed by atoms with van der Waals surface area (Å²) < 4.78 is 5.63. The molecule has 0 spiro atoms. The Bertz CT molecular complexity index is 508. The number of aliphatic hydroxyl groups excluding tert-OH is 1. The minimum Gasteiger partial charge on any atom is -0.393 e. The summed E-state index contributed by atoms with van der Waals surface area (Å²) in [4.78, 5) is 14.6. The van der Waals surface area contributed by atoms with E-state index in [4.69, 9.17) is 4.74 Å². The number of carbonyl (C=O) groups is 1. The van der Waals surface area contributed by atoms with Crippen LogP contribution in [0.5, 0.6) is 0 Å². The zero-order valence-electron chi connectivity index (χ0n) is 13.5. The largest absolute Gasteiger partial charge is 0.393 e. The zero-order valence-corrected chi connectivity index (χ0v) is 13.5. The Morgan fingerprint density at radius 1 is 1.30 bits per heavy atom. The smallest absolute Gasteiger partial charge is 0.250 e.